The molecule has 0 bridgehead atoms. The quantitative estimate of drug-likeness (QED) is 0.420. The molecule has 25 heavy (non-hydrogen) atoms. The Labute approximate surface area is 149 Å². The summed E-state index contributed by atoms with van der Waals surface area (Å²) in [6, 6.07) is 34.2. The van der Waals surface area contributed by atoms with Crippen molar-refractivity contribution >= 4 is 0 Å². The Kier molecular flexibility index (Phi) is 4.47. The molecule has 3 aromatic carbocycles. The fourth-order valence-corrected chi connectivity index (χ4v) is 3.32. The third-order valence-electron chi connectivity index (χ3n) is 4.58. The average Bonchev–Trinajstić information content (AvgIpc) is 3.12. The van der Waals surface area contributed by atoms with E-state index in [-0.39, 0.29) is 0 Å². The van der Waals surface area contributed by atoms with Crippen LogP contribution in [0.15, 0.2) is 103 Å². The maximum Gasteiger partial charge on any atom is 0.0560 e. The molecule has 4 rings (SSSR count). The molecule has 1 nitrogen and oxygen atoms in total. The van der Waals surface area contributed by atoms with Crippen molar-refractivity contribution in [3.63, 3.8) is 0 Å². The minimum Gasteiger partial charge on any atom is -0.347 e. The van der Waals surface area contributed by atoms with E-state index in [9.17, 15) is 0 Å². The molecule has 122 valence electrons. The van der Waals surface area contributed by atoms with Gasteiger partial charge in [0.2, 0.25) is 0 Å². The first-order valence-corrected chi connectivity index (χ1v) is 8.76. The molecular formula is C24H21N. The minimum atomic E-state index is 0.973. The Bertz CT molecular complexity index is 922. The molecule has 1 heterocycles. The molecule has 0 amide bonds. The van der Waals surface area contributed by atoms with Gasteiger partial charge in [0, 0.05) is 18.3 Å². The van der Waals surface area contributed by atoms with Crippen molar-refractivity contribution < 1.29 is 0 Å². The lowest BCUT2D eigenvalue weighted by molar-refractivity contribution is 0.708. The highest BCUT2D eigenvalue weighted by molar-refractivity contribution is 5.81. The first-order valence-electron chi connectivity index (χ1n) is 8.76. The van der Waals surface area contributed by atoms with Crippen molar-refractivity contribution in [2.75, 3.05) is 0 Å². The zero-order valence-corrected chi connectivity index (χ0v) is 14.2. The summed E-state index contributed by atoms with van der Waals surface area (Å²) in [5.41, 5.74) is 6.48. The summed E-state index contributed by atoms with van der Waals surface area (Å²) in [6.07, 6.45) is 3.25. The van der Waals surface area contributed by atoms with Gasteiger partial charge in [-0.25, -0.2) is 0 Å². The van der Waals surface area contributed by atoms with Gasteiger partial charge in [0.25, 0.3) is 0 Å². The van der Waals surface area contributed by atoms with E-state index in [1.54, 1.807) is 0 Å². The molecule has 0 saturated heterocycles. The molecule has 1 heteroatoms. The van der Waals surface area contributed by atoms with Gasteiger partial charge in [0.15, 0.2) is 0 Å². The number of aromatic nitrogens is 1. The second-order valence-corrected chi connectivity index (χ2v) is 6.24. The van der Waals surface area contributed by atoms with Gasteiger partial charge in [-0.2, -0.15) is 0 Å². The van der Waals surface area contributed by atoms with Crippen LogP contribution in [0.25, 0.3) is 22.4 Å². The number of nitrogens with zero attached hydrogens (tertiary/aromatic N) is 1. The molecule has 0 saturated carbocycles. The SMILES string of the molecule is c1ccc(CCn2ccc(-c3ccccc3)c2-c2ccccc2)cc1. The average molecular weight is 323 g/mol. The van der Waals surface area contributed by atoms with Gasteiger partial charge in [0.05, 0.1) is 5.69 Å². The first kappa shape index (κ1) is 15.5. The molecule has 0 N–H and O–H groups in total. The summed E-state index contributed by atoms with van der Waals surface area (Å²) in [4.78, 5) is 0. The van der Waals surface area contributed by atoms with Crippen LogP contribution in [0, 0.1) is 0 Å². The van der Waals surface area contributed by atoms with E-state index in [0.29, 0.717) is 0 Å². The Morgan fingerprint density at radius 3 is 1.76 bits per heavy atom. The van der Waals surface area contributed by atoms with Crippen molar-refractivity contribution in [1.29, 1.82) is 0 Å². The van der Waals surface area contributed by atoms with Crippen molar-refractivity contribution in [1.82, 2.24) is 4.57 Å². The summed E-state index contributed by atoms with van der Waals surface area (Å²) >= 11 is 0. The lowest BCUT2D eigenvalue weighted by atomic mass is 10.0. The van der Waals surface area contributed by atoms with Crippen molar-refractivity contribution in [2.45, 2.75) is 13.0 Å². The maximum atomic E-state index is 2.38. The molecule has 0 spiro atoms. The number of rotatable bonds is 5. The molecule has 0 unspecified atom stereocenters. The highest BCUT2D eigenvalue weighted by atomic mass is 15.0. The molecule has 4 aromatic rings. The van der Waals surface area contributed by atoms with E-state index < -0.39 is 0 Å². The van der Waals surface area contributed by atoms with Gasteiger partial charge in [-0.15, -0.1) is 0 Å². The van der Waals surface area contributed by atoms with Gasteiger partial charge in [-0.05, 0) is 29.2 Å². The van der Waals surface area contributed by atoms with Gasteiger partial charge < -0.3 is 4.57 Å². The number of hydrogen-bond donors (Lipinski definition) is 0. The zero-order chi connectivity index (χ0) is 16.9. The van der Waals surface area contributed by atoms with Crippen molar-refractivity contribution in [3.8, 4) is 22.4 Å². The van der Waals surface area contributed by atoms with E-state index in [1.165, 1.54) is 27.9 Å². The predicted octanol–water partition coefficient (Wildman–Crippen LogP) is 6.06. The van der Waals surface area contributed by atoms with Crippen molar-refractivity contribution in [3.05, 3.63) is 109 Å². The van der Waals surface area contributed by atoms with Crippen LogP contribution >= 0.6 is 0 Å². The standard InChI is InChI=1S/C24H21N/c1-4-10-20(11-5-1)16-18-25-19-17-23(21-12-6-2-7-13-21)24(25)22-14-8-3-9-15-22/h1-15,17,19H,16,18H2. The summed E-state index contributed by atoms with van der Waals surface area (Å²) in [5.74, 6) is 0. The third kappa shape index (κ3) is 3.41. The summed E-state index contributed by atoms with van der Waals surface area (Å²) < 4.78 is 2.38. The van der Waals surface area contributed by atoms with Crippen LogP contribution in [0.5, 0.6) is 0 Å². The van der Waals surface area contributed by atoms with Crippen molar-refractivity contribution in [2.24, 2.45) is 0 Å². The highest BCUT2D eigenvalue weighted by Crippen LogP contribution is 2.33. The third-order valence-corrected chi connectivity index (χ3v) is 4.58. The Balaban J connectivity index is 1.73. The van der Waals surface area contributed by atoms with Crippen LogP contribution in [-0.2, 0) is 13.0 Å². The molecule has 0 atom stereocenters. The highest BCUT2D eigenvalue weighted by Gasteiger charge is 2.12. The van der Waals surface area contributed by atoms with Gasteiger partial charge in [-0.3, -0.25) is 0 Å². The molecule has 0 aliphatic heterocycles. The molecule has 0 aliphatic carbocycles. The molecular weight excluding hydrogens is 302 g/mol. The van der Waals surface area contributed by atoms with Crippen LogP contribution < -0.4 is 0 Å². The molecule has 0 radical (unpaired) electrons. The second-order valence-electron chi connectivity index (χ2n) is 6.24. The van der Waals surface area contributed by atoms with Crippen LogP contribution in [0.1, 0.15) is 5.56 Å². The zero-order valence-electron chi connectivity index (χ0n) is 14.2. The summed E-state index contributed by atoms with van der Waals surface area (Å²) in [5, 5.41) is 0. The fourth-order valence-electron chi connectivity index (χ4n) is 3.32. The smallest absolute Gasteiger partial charge is 0.0560 e. The second kappa shape index (κ2) is 7.23. The van der Waals surface area contributed by atoms with E-state index in [1.807, 2.05) is 0 Å². The lowest BCUT2D eigenvalue weighted by Crippen LogP contribution is -2.02. The Morgan fingerprint density at radius 2 is 1.12 bits per heavy atom. The monoisotopic (exact) mass is 323 g/mol. The molecule has 0 fully saturated rings. The summed E-state index contributed by atoms with van der Waals surface area (Å²) in [7, 11) is 0. The van der Waals surface area contributed by atoms with Gasteiger partial charge in [0.1, 0.15) is 0 Å². The van der Waals surface area contributed by atoms with Gasteiger partial charge >= 0.3 is 0 Å². The lowest BCUT2D eigenvalue weighted by Gasteiger charge is -2.12. The van der Waals surface area contributed by atoms with E-state index in [2.05, 4.69) is 108 Å². The normalized spacial score (nSPS) is 10.7. The predicted molar refractivity (Wildman–Crippen MR) is 105 cm³/mol. The minimum absolute atomic E-state index is 0.973. The number of benzene rings is 3. The topological polar surface area (TPSA) is 4.93 Å². The first-order chi connectivity index (χ1) is 12.4. The van der Waals surface area contributed by atoms with Crippen LogP contribution in [0.4, 0.5) is 0 Å². The largest absolute Gasteiger partial charge is 0.347 e. The van der Waals surface area contributed by atoms with Crippen LogP contribution in [0.2, 0.25) is 0 Å². The summed E-state index contributed by atoms with van der Waals surface area (Å²) in [6.45, 7) is 0.973. The molecule has 1 aromatic heterocycles. The van der Waals surface area contributed by atoms with E-state index in [4.69, 9.17) is 0 Å². The van der Waals surface area contributed by atoms with E-state index >= 15 is 0 Å². The Morgan fingerprint density at radius 1 is 0.560 bits per heavy atom. The van der Waals surface area contributed by atoms with Crippen LogP contribution in [0.3, 0.4) is 0 Å². The molecule has 0 aliphatic rings. The fraction of sp³-hybridized carbons (Fsp3) is 0.0833. The maximum absolute atomic E-state index is 2.38. The Hall–Kier alpha value is -3.06. The van der Waals surface area contributed by atoms with E-state index in [0.717, 1.165) is 13.0 Å². The van der Waals surface area contributed by atoms with Gasteiger partial charge in [-0.1, -0.05) is 91.0 Å². The van der Waals surface area contributed by atoms with Crippen LogP contribution in [-0.4, -0.2) is 4.57 Å². The number of hydrogen-bond acceptors (Lipinski definition) is 0. The number of aryl methyl sites for hydroxylation is 2.